The lowest BCUT2D eigenvalue weighted by Crippen LogP contribution is -2.00. The highest BCUT2D eigenvalue weighted by Crippen LogP contribution is 2.17. The van der Waals surface area contributed by atoms with Gasteiger partial charge in [0.05, 0.1) is 5.56 Å². The first-order valence-corrected chi connectivity index (χ1v) is 6.22. The van der Waals surface area contributed by atoms with Gasteiger partial charge in [0.15, 0.2) is 0 Å². The van der Waals surface area contributed by atoms with Crippen molar-refractivity contribution < 1.29 is 9.90 Å². The van der Waals surface area contributed by atoms with Gasteiger partial charge in [0.2, 0.25) is 0 Å². The van der Waals surface area contributed by atoms with E-state index in [2.05, 4.69) is 0 Å². The standard InChI is InChI=1S/C16H13ClO2/c1-11-13(3-2-4-15(11)16(18)19)8-5-12-6-9-14(17)10-7-12/h2-10H,1H3,(H,18,19)/b8-5+. The normalized spacial score (nSPS) is 10.8. The highest BCUT2D eigenvalue weighted by molar-refractivity contribution is 6.30. The number of hydrogen-bond acceptors (Lipinski definition) is 1. The molecule has 0 aliphatic rings. The summed E-state index contributed by atoms with van der Waals surface area (Å²) in [4.78, 5) is 11.0. The van der Waals surface area contributed by atoms with Crippen molar-refractivity contribution >= 4 is 29.7 Å². The molecule has 0 fully saturated rings. The number of halogens is 1. The summed E-state index contributed by atoms with van der Waals surface area (Å²) in [5.74, 6) is -0.903. The number of carboxylic acids is 1. The summed E-state index contributed by atoms with van der Waals surface area (Å²) in [5.41, 5.74) is 3.01. The SMILES string of the molecule is Cc1c(/C=C/c2ccc(Cl)cc2)cccc1C(=O)O. The van der Waals surface area contributed by atoms with Gasteiger partial charge in [-0.3, -0.25) is 0 Å². The Kier molecular flexibility index (Phi) is 4.03. The third-order valence-corrected chi connectivity index (χ3v) is 3.18. The van der Waals surface area contributed by atoms with Crippen LogP contribution in [0.1, 0.15) is 27.0 Å². The zero-order valence-corrected chi connectivity index (χ0v) is 11.2. The summed E-state index contributed by atoms with van der Waals surface area (Å²) in [6.07, 6.45) is 3.84. The van der Waals surface area contributed by atoms with E-state index < -0.39 is 5.97 Å². The molecule has 0 aliphatic carbocycles. The number of aromatic carboxylic acids is 1. The van der Waals surface area contributed by atoms with Crippen LogP contribution in [0, 0.1) is 6.92 Å². The summed E-state index contributed by atoms with van der Waals surface area (Å²) >= 11 is 5.82. The zero-order valence-electron chi connectivity index (χ0n) is 10.4. The van der Waals surface area contributed by atoms with Crippen LogP contribution >= 0.6 is 11.6 Å². The predicted octanol–water partition coefficient (Wildman–Crippen LogP) is 4.52. The number of carbonyl (C=O) groups is 1. The van der Waals surface area contributed by atoms with Crippen molar-refractivity contribution in [2.45, 2.75) is 6.92 Å². The van der Waals surface area contributed by atoms with Crippen LogP contribution in [0.4, 0.5) is 0 Å². The average Bonchev–Trinajstić information content (AvgIpc) is 2.39. The van der Waals surface area contributed by atoms with Gasteiger partial charge in [-0.15, -0.1) is 0 Å². The van der Waals surface area contributed by atoms with E-state index in [1.807, 2.05) is 49.4 Å². The number of rotatable bonds is 3. The first-order valence-electron chi connectivity index (χ1n) is 5.84. The second-order valence-corrected chi connectivity index (χ2v) is 4.65. The number of carboxylic acid groups (broad SMARTS) is 1. The van der Waals surface area contributed by atoms with E-state index in [9.17, 15) is 4.79 Å². The van der Waals surface area contributed by atoms with E-state index in [1.54, 1.807) is 12.1 Å². The van der Waals surface area contributed by atoms with Crippen molar-refractivity contribution in [1.29, 1.82) is 0 Å². The van der Waals surface area contributed by atoms with Gasteiger partial charge in [-0.1, -0.05) is 48.0 Å². The van der Waals surface area contributed by atoms with E-state index in [0.29, 0.717) is 10.6 Å². The summed E-state index contributed by atoms with van der Waals surface area (Å²) in [6, 6.07) is 12.7. The Morgan fingerprint density at radius 3 is 2.42 bits per heavy atom. The molecule has 1 N–H and O–H groups in total. The Bertz CT molecular complexity index is 628. The molecule has 96 valence electrons. The van der Waals surface area contributed by atoms with Crippen molar-refractivity contribution in [2.75, 3.05) is 0 Å². The Hall–Kier alpha value is -2.06. The molecule has 3 heteroatoms. The molecule has 0 bridgehead atoms. The smallest absolute Gasteiger partial charge is 0.335 e. The second-order valence-electron chi connectivity index (χ2n) is 4.21. The van der Waals surface area contributed by atoms with Crippen LogP contribution in [0.25, 0.3) is 12.2 Å². The van der Waals surface area contributed by atoms with Gasteiger partial charge in [-0.05, 0) is 41.8 Å². The van der Waals surface area contributed by atoms with E-state index in [1.165, 1.54) is 0 Å². The third kappa shape index (κ3) is 3.24. The molecule has 0 heterocycles. The van der Waals surface area contributed by atoms with Crippen LogP contribution in [-0.2, 0) is 0 Å². The maximum Gasteiger partial charge on any atom is 0.335 e. The molecule has 2 rings (SSSR count). The minimum atomic E-state index is -0.903. The van der Waals surface area contributed by atoms with Crippen LogP contribution < -0.4 is 0 Å². The van der Waals surface area contributed by atoms with Crippen LogP contribution in [-0.4, -0.2) is 11.1 Å². The largest absolute Gasteiger partial charge is 0.478 e. The maximum absolute atomic E-state index is 11.0. The highest BCUT2D eigenvalue weighted by Gasteiger charge is 2.07. The topological polar surface area (TPSA) is 37.3 Å². The minimum absolute atomic E-state index is 0.332. The van der Waals surface area contributed by atoms with Crippen molar-refractivity contribution in [3.8, 4) is 0 Å². The Balaban J connectivity index is 2.31. The molecule has 0 spiro atoms. The molecule has 0 amide bonds. The molecule has 0 saturated heterocycles. The van der Waals surface area contributed by atoms with Gasteiger partial charge >= 0.3 is 5.97 Å². The van der Waals surface area contributed by atoms with Crippen molar-refractivity contribution in [2.24, 2.45) is 0 Å². The quantitative estimate of drug-likeness (QED) is 0.834. The predicted molar refractivity (Wildman–Crippen MR) is 78.5 cm³/mol. The number of hydrogen-bond donors (Lipinski definition) is 1. The fraction of sp³-hybridized carbons (Fsp3) is 0.0625. The van der Waals surface area contributed by atoms with Gasteiger partial charge in [0, 0.05) is 5.02 Å². The highest BCUT2D eigenvalue weighted by atomic mass is 35.5. The van der Waals surface area contributed by atoms with Crippen LogP contribution in [0.5, 0.6) is 0 Å². The molecule has 2 aromatic rings. The molecule has 0 unspecified atom stereocenters. The van der Waals surface area contributed by atoms with Gasteiger partial charge in [0.25, 0.3) is 0 Å². The summed E-state index contributed by atoms with van der Waals surface area (Å²) in [7, 11) is 0. The first-order chi connectivity index (χ1) is 9.08. The Morgan fingerprint density at radius 2 is 1.79 bits per heavy atom. The van der Waals surface area contributed by atoms with E-state index in [-0.39, 0.29) is 0 Å². The fourth-order valence-corrected chi connectivity index (χ4v) is 1.95. The molecule has 2 nitrogen and oxygen atoms in total. The van der Waals surface area contributed by atoms with Crippen molar-refractivity contribution in [1.82, 2.24) is 0 Å². The molecule has 0 saturated carbocycles. The molecule has 0 radical (unpaired) electrons. The lowest BCUT2D eigenvalue weighted by molar-refractivity contribution is 0.0696. The summed E-state index contributed by atoms with van der Waals surface area (Å²) in [6.45, 7) is 1.81. The monoisotopic (exact) mass is 272 g/mol. The molecule has 19 heavy (non-hydrogen) atoms. The second kappa shape index (κ2) is 5.72. The van der Waals surface area contributed by atoms with Crippen molar-refractivity contribution in [3.63, 3.8) is 0 Å². The van der Waals surface area contributed by atoms with E-state index in [0.717, 1.165) is 16.7 Å². The molecule has 0 aromatic heterocycles. The van der Waals surface area contributed by atoms with Crippen LogP contribution in [0.2, 0.25) is 5.02 Å². The van der Waals surface area contributed by atoms with Gasteiger partial charge in [-0.25, -0.2) is 4.79 Å². The van der Waals surface area contributed by atoms with Gasteiger partial charge < -0.3 is 5.11 Å². The summed E-state index contributed by atoms with van der Waals surface area (Å²) in [5, 5.41) is 9.76. The van der Waals surface area contributed by atoms with E-state index in [4.69, 9.17) is 16.7 Å². The first kappa shape index (κ1) is 13.4. The third-order valence-electron chi connectivity index (χ3n) is 2.93. The van der Waals surface area contributed by atoms with E-state index >= 15 is 0 Å². The van der Waals surface area contributed by atoms with Gasteiger partial charge in [0.1, 0.15) is 0 Å². The summed E-state index contributed by atoms with van der Waals surface area (Å²) < 4.78 is 0. The van der Waals surface area contributed by atoms with Crippen LogP contribution in [0.15, 0.2) is 42.5 Å². The van der Waals surface area contributed by atoms with Crippen molar-refractivity contribution in [3.05, 3.63) is 69.7 Å². The minimum Gasteiger partial charge on any atom is -0.478 e. The number of benzene rings is 2. The lowest BCUT2D eigenvalue weighted by Gasteiger charge is -2.04. The zero-order chi connectivity index (χ0) is 13.8. The average molecular weight is 273 g/mol. The molecule has 0 atom stereocenters. The molecular weight excluding hydrogens is 260 g/mol. The van der Waals surface area contributed by atoms with Crippen LogP contribution in [0.3, 0.4) is 0 Å². The lowest BCUT2D eigenvalue weighted by atomic mass is 10.0. The maximum atomic E-state index is 11.0. The Morgan fingerprint density at radius 1 is 1.11 bits per heavy atom. The van der Waals surface area contributed by atoms with Gasteiger partial charge in [-0.2, -0.15) is 0 Å². The molecule has 0 aliphatic heterocycles. The Labute approximate surface area is 117 Å². The fourth-order valence-electron chi connectivity index (χ4n) is 1.83. The molecular formula is C16H13ClO2. The molecule has 2 aromatic carbocycles.